The van der Waals surface area contributed by atoms with E-state index in [-0.39, 0.29) is 11.6 Å². The van der Waals surface area contributed by atoms with Crippen molar-refractivity contribution < 1.29 is 18.0 Å². The second kappa shape index (κ2) is 8.82. The number of alkyl halides is 3. The maximum atomic E-state index is 13.7. The van der Waals surface area contributed by atoms with E-state index in [4.69, 9.17) is 10.7 Å². The van der Waals surface area contributed by atoms with Crippen LogP contribution < -0.4 is 10.6 Å². The van der Waals surface area contributed by atoms with Crippen molar-refractivity contribution in [1.29, 1.82) is 0 Å². The molecule has 2 aliphatic heterocycles. The van der Waals surface area contributed by atoms with Crippen LogP contribution in [-0.2, 0) is 6.18 Å². The number of aromatic nitrogens is 3. The van der Waals surface area contributed by atoms with Gasteiger partial charge in [0.25, 0.3) is 5.91 Å². The maximum Gasteiger partial charge on any atom is 0.417 e. The summed E-state index contributed by atoms with van der Waals surface area (Å²) in [5.41, 5.74) is 7.56. The molecule has 0 bridgehead atoms. The normalized spacial score (nSPS) is 21.2. The third-order valence-corrected chi connectivity index (χ3v) is 6.96. The minimum absolute atomic E-state index is 0.123. The average molecular weight is 487 g/mol. The van der Waals surface area contributed by atoms with E-state index in [1.807, 2.05) is 19.2 Å². The number of likely N-dealkylation sites (tertiary alicyclic amines) is 1. The molecule has 1 amide bonds. The number of piperidine rings is 1. The molecule has 35 heavy (non-hydrogen) atoms. The molecule has 1 aromatic carbocycles. The quantitative estimate of drug-likeness (QED) is 0.598. The van der Waals surface area contributed by atoms with Crippen molar-refractivity contribution in [3.05, 3.63) is 58.4 Å². The zero-order valence-corrected chi connectivity index (χ0v) is 19.8. The summed E-state index contributed by atoms with van der Waals surface area (Å²) in [4.78, 5) is 22.0. The number of anilines is 1. The van der Waals surface area contributed by atoms with E-state index in [1.165, 1.54) is 6.07 Å². The Labute approximate surface area is 201 Å². The van der Waals surface area contributed by atoms with Crippen LogP contribution in [0.4, 0.5) is 19.0 Å². The first-order chi connectivity index (χ1) is 16.6. The van der Waals surface area contributed by atoms with Crippen molar-refractivity contribution in [3.8, 4) is 0 Å². The van der Waals surface area contributed by atoms with Crippen molar-refractivity contribution >= 4 is 17.4 Å². The molecule has 0 aliphatic carbocycles. The fourth-order valence-electron chi connectivity index (χ4n) is 5.20. The van der Waals surface area contributed by atoms with Crippen molar-refractivity contribution in [2.75, 3.05) is 24.5 Å². The van der Waals surface area contributed by atoms with E-state index >= 15 is 0 Å². The zero-order chi connectivity index (χ0) is 24.9. The molecule has 2 aliphatic rings. The van der Waals surface area contributed by atoms with Gasteiger partial charge < -0.3 is 15.5 Å². The van der Waals surface area contributed by atoms with Crippen LogP contribution in [0, 0.1) is 13.8 Å². The Kier molecular flexibility index (Phi) is 5.94. The molecule has 186 valence electrons. The summed E-state index contributed by atoms with van der Waals surface area (Å²) in [6, 6.07) is 5.42. The number of hydrogen-bond donors (Lipinski definition) is 1. The lowest BCUT2D eigenvalue weighted by Crippen LogP contribution is -2.39. The van der Waals surface area contributed by atoms with Gasteiger partial charge in [-0.05, 0) is 51.7 Å². The predicted octanol–water partition coefficient (Wildman–Crippen LogP) is 4.27. The van der Waals surface area contributed by atoms with Crippen molar-refractivity contribution in [2.45, 2.75) is 57.8 Å². The van der Waals surface area contributed by atoms with Crippen LogP contribution in [0.25, 0.3) is 5.65 Å². The summed E-state index contributed by atoms with van der Waals surface area (Å²) in [6.07, 6.45) is 0.443. The average Bonchev–Trinajstić information content (AvgIpc) is 3.43. The summed E-state index contributed by atoms with van der Waals surface area (Å²) in [6.45, 7) is 5.53. The molecule has 10 heteroatoms. The molecule has 2 saturated heterocycles. The van der Waals surface area contributed by atoms with E-state index in [9.17, 15) is 18.0 Å². The minimum Gasteiger partial charge on any atom is -0.355 e. The van der Waals surface area contributed by atoms with E-state index in [0.717, 1.165) is 49.8 Å². The largest absolute Gasteiger partial charge is 0.417 e. The summed E-state index contributed by atoms with van der Waals surface area (Å²) in [7, 11) is 0. The first-order valence-electron chi connectivity index (χ1n) is 12.0. The van der Waals surface area contributed by atoms with Gasteiger partial charge in [-0.2, -0.15) is 18.3 Å². The van der Waals surface area contributed by atoms with Gasteiger partial charge in [0.2, 0.25) is 0 Å². The minimum atomic E-state index is -4.61. The maximum absolute atomic E-state index is 13.7. The second-order valence-corrected chi connectivity index (χ2v) is 9.67. The highest BCUT2D eigenvalue weighted by molar-refractivity contribution is 5.96. The number of aryl methyl sites for hydroxylation is 2. The summed E-state index contributed by atoms with van der Waals surface area (Å²) < 4.78 is 42.9. The van der Waals surface area contributed by atoms with Gasteiger partial charge in [-0.1, -0.05) is 11.6 Å². The molecular formula is C25H29F3N6O. The van der Waals surface area contributed by atoms with Gasteiger partial charge in [0, 0.05) is 43.5 Å². The molecule has 2 fully saturated rings. The fourth-order valence-corrected chi connectivity index (χ4v) is 5.20. The van der Waals surface area contributed by atoms with Crippen LogP contribution in [0.3, 0.4) is 0 Å². The number of nitrogens with zero attached hydrogens (tertiary/aromatic N) is 5. The predicted molar refractivity (Wildman–Crippen MR) is 126 cm³/mol. The van der Waals surface area contributed by atoms with Crippen molar-refractivity contribution in [1.82, 2.24) is 19.5 Å². The number of fused-ring (bicyclic) bond motifs is 1. The lowest BCUT2D eigenvalue weighted by atomic mass is 9.96. The smallest absolute Gasteiger partial charge is 0.355 e. The van der Waals surface area contributed by atoms with Crippen LogP contribution in [0.1, 0.15) is 64.5 Å². The Morgan fingerprint density at radius 2 is 1.91 bits per heavy atom. The Morgan fingerprint density at radius 3 is 2.63 bits per heavy atom. The Morgan fingerprint density at radius 1 is 1.11 bits per heavy atom. The zero-order valence-electron chi connectivity index (χ0n) is 19.8. The van der Waals surface area contributed by atoms with E-state index < -0.39 is 23.7 Å². The highest BCUT2D eigenvalue weighted by atomic mass is 19.4. The van der Waals surface area contributed by atoms with Crippen molar-refractivity contribution in [3.63, 3.8) is 0 Å². The molecule has 3 aromatic rings. The van der Waals surface area contributed by atoms with E-state index in [1.54, 1.807) is 22.4 Å². The van der Waals surface area contributed by atoms with Gasteiger partial charge >= 0.3 is 6.18 Å². The Hall–Kier alpha value is -3.14. The van der Waals surface area contributed by atoms with Crippen molar-refractivity contribution in [2.24, 2.45) is 5.73 Å². The lowest BCUT2D eigenvalue weighted by Gasteiger charge is -2.35. The van der Waals surface area contributed by atoms with E-state index in [0.29, 0.717) is 29.9 Å². The SMILES string of the molecule is Cc1ccc(C(=O)N2CCCCC2c2cc3nc(N4CCC(N)C4)c(C)cn3n2)c(C(F)(F)F)c1. The molecule has 4 heterocycles. The molecule has 2 unspecified atom stereocenters. The number of carbonyl (C=O) groups excluding carboxylic acids is 1. The highest BCUT2D eigenvalue weighted by Crippen LogP contribution is 2.37. The van der Waals surface area contributed by atoms with Gasteiger partial charge in [-0.3, -0.25) is 4.79 Å². The summed E-state index contributed by atoms with van der Waals surface area (Å²) in [5.74, 6) is 0.248. The van der Waals surface area contributed by atoms with Crippen LogP contribution >= 0.6 is 0 Å². The highest BCUT2D eigenvalue weighted by Gasteiger charge is 2.38. The molecular weight excluding hydrogens is 457 g/mol. The number of halogens is 3. The molecule has 0 saturated carbocycles. The monoisotopic (exact) mass is 486 g/mol. The molecule has 0 radical (unpaired) electrons. The molecule has 2 atom stereocenters. The number of benzene rings is 1. The van der Waals surface area contributed by atoms with Gasteiger partial charge in [0.05, 0.1) is 22.9 Å². The Balaban J connectivity index is 1.49. The van der Waals surface area contributed by atoms with Crippen LogP contribution in [-0.4, -0.2) is 51.1 Å². The number of amides is 1. The van der Waals surface area contributed by atoms with Crippen LogP contribution in [0.2, 0.25) is 0 Å². The molecule has 2 aromatic heterocycles. The fraction of sp³-hybridized carbons (Fsp3) is 0.480. The standard InChI is InChI=1S/C25H29F3N6O/c1-15-6-7-18(19(11-15)25(26,27)28)24(35)33-9-4-3-5-21(33)20-12-22-30-23(16(2)13-34(22)31-20)32-10-8-17(29)14-32/h6-7,11-13,17,21H,3-5,8-10,14,29H2,1-2H3. The first-order valence-corrected chi connectivity index (χ1v) is 12.0. The number of rotatable bonds is 3. The first kappa shape index (κ1) is 23.6. The topological polar surface area (TPSA) is 79.8 Å². The Bertz CT molecular complexity index is 1270. The molecule has 5 rings (SSSR count). The second-order valence-electron chi connectivity index (χ2n) is 9.67. The third kappa shape index (κ3) is 4.47. The van der Waals surface area contributed by atoms with Crippen LogP contribution in [0.15, 0.2) is 30.5 Å². The van der Waals surface area contributed by atoms with Gasteiger partial charge in [-0.25, -0.2) is 9.50 Å². The van der Waals surface area contributed by atoms with Gasteiger partial charge in [0.15, 0.2) is 5.65 Å². The number of hydrogen-bond acceptors (Lipinski definition) is 5. The van der Waals surface area contributed by atoms with E-state index in [2.05, 4.69) is 10.00 Å². The number of nitrogens with two attached hydrogens (primary N) is 1. The van der Waals surface area contributed by atoms with Gasteiger partial charge in [-0.15, -0.1) is 0 Å². The third-order valence-electron chi connectivity index (χ3n) is 6.96. The summed E-state index contributed by atoms with van der Waals surface area (Å²) >= 11 is 0. The molecule has 2 N–H and O–H groups in total. The van der Waals surface area contributed by atoms with Gasteiger partial charge in [0.1, 0.15) is 5.82 Å². The molecule has 7 nitrogen and oxygen atoms in total. The molecule has 0 spiro atoms. The van der Waals surface area contributed by atoms with Crippen LogP contribution in [0.5, 0.6) is 0 Å². The number of carbonyl (C=O) groups is 1. The lowest BCUT2D eigenvalue weighted by molar-refractivity contribution is -0.138. The summed E-state index contributed by atoms with van der Waals surface area (Å²) in [5, 5.41) is 4.69.